The fourth-order valence-electron chi connectivity index (χ4n) is 1.65. The minimum atomic E-state index is 1.03. The molecule has 1 aliphatic rings. The lowest BCUT2D eigenvalue weighted by atomic mass is 10.1. The summed E-state index contributed by atoms with van der Waals surface area (Å²) in [5.74, 6) is 0. The molecule has 0 saturated carbocycles. The highest BCUT2D eigenvalue weighted by Gasteiger charge is 2.05. The topological polar surface area (TPSA) is 12.0 Å². The molecule has 0 amide bonds. The first-order valence-corrected chi connectivity index (χ1v) is 6.30. The molecule has 1 aliphatic heterocycles. The van der Waals surface area contributed by atoms with Gasteiger partial charge < -0.3 is 5.32 Å². The van der Waals surface area contributed by atoms with Crippen molar-refractivity contribution in [3.63, 3.8) is 0 Å². The van der Waals surface area contributed by atoms with Gasteiger partial charge in [-0.1, -0.05) is 24.3 Å². The van der Waals surface area contributed by atoms with Gasteiger partial charge in [0, 0.05) is 16.3 Å². The number of hydrogen-bond acceptors (Lipinski definition) is 2. The van der Waals surface area contributed by atoms with Crippen LogP contribution in [0.3, 0.4) is 0 Å². The summed E-state index contributed by atoms with van der Waals surface area (Å²) >= 11 is 1.78. The quantitative estimate of drug-likeness (QED) is 0.759. The number of allylic oxidation sites excluding steroid dienone is 3. The number of benzene rings is 1. The minimum Gasteiger partial charge on any atom is -0.359 e. The second kappa shape index (κ2) is 4.58. The Morgan fingerprint density at radius 2 is 2.13 bits per heavy atom. The van der Waals surface area contributed by atoms with Crippen LogP contribution in [0.4, 0.5) is 0 Å². The Morgan fingerprint density at radius 3 is 2.87 bits per heavy atom. The molecule has 1 heterocycles. The zero-order chi connectivity index (χ0) is 10.7. The molecule has 1 aromatic carbocycles. The molecule has 0 spiro atoms. The number of rotatable bonds is 2. The molecule has 0 radical (unpaired) electrons. The van der Waals surface area contributed by atoms with Gasteiger partial charge >= 0.3 is 0 Å². The van der Waals surface area contributed by atoms with Gasteiger partial charge in [-0.15, -0.1) is 11.8 Å². The summed E-state index contributed by atoms with van der Waals surface area (Å²) in [7, 11) is 0. The second-order valence-corrected chi connectivity index (χ2v) is 4.48. The summed E-state index contributed by atoms with van der Waals surface area (Å²) in [5, 5.41) is 3.40. The van der Waals surface area contributed by atoms with Crippen LogP contribution in [0, 0.1) is 0 Å². The molecule has 78 valence electrons. The second-order valence-electron chi connectivity index (χ2n) is 3.60. The van der Waals surface area contributed by atoms with E-state index in [4.69, 9.17) is 0 Å². The van der Waals surface area contributed by atoms with E-state index in [9.17, 15) is 0 Å². The summed E-state index contributed by atoms with van der Waals surface area (Å²) in [6.45, 7) is 2.10. The van der Waals surface area contributed by atoms with E-state index in [2.05, 4.69) is 54.9 Å². The molecule has 0 atom stereocenters. The molecule has 0 aliphatic carbocycles. The van der Waals surface area contributed by atoms with Gasteiger partial charge in [-0.05, 0) is 37.3 Å². The maximum atomic E-state index is 3.40. The predicted molar refractivity (Wildman–Crippen MR) is 67.7 cm³/mol. The van der Waals surface area contributed by atoms with Gasteiger partial charge in [0.05, 0.1) is 0 Å². The van der Waals surface area contributed by atoms with Crippen LogP contribution in [0.25, 0.3) is 5.70 Å². The van der Waals surface area contributed by atoms with Crippen molar-refractivity contribution in [1.82, 2.24) is 5.32 Å². The molecule has 0 bridgehead atoms. The molecular weight excluding hydrogens is 202 g/mol. The molecule has 0 unspecified atom stereocenters. The van der Waals surface area contributed by atoms with E-state index in [0.717, 1.165) is 6.42 Å². The first-order chi connectivity index (χ1) is 7.29. The van der Waals surface area contributed by atoms with Gasteiger partial charge in [0.1, 0.15) is 0 Å². The fraction of sp³-hybridized carbons (Fsp3) is 0.231. The molecule has 15 heavy (non-hydrogen) atoms. The van der Waals surface area contributed by atoms with Crippen molar-refractivity contribution in [2.45, 2.75) is 18.2 Å². The van der Waals surface area contributed by atoms with Crippen LogP contribution in [0.15, 0.2) is 47.0 Å². The van der Waals surface area contributed by atoms with Crippen molar-refractivity contribution in [2.75, 3.05) is 6.26 Å². The van der Waals surface area contributed by atoms with Crippen molar-refractivity contribution in [3.8, 4) is 0 Å². The van der Waals surface area contributed by atoms with Gasteiger partial charge in [0.15, 0.2) is 0 Å². The highest BCUT2D eigenvalue weighted by atomic mass is 32.2. The maximum absolute atomic E-state index is 3.40. The Balaban J connectivity index is 2.26. The van der Waals surface area contributed by atoms with Crippen molar-refractivity contribution < 1.29 is 0 Å². The van der Waals surface area contributed by atoms with Gasteiger partial charge in [-0.2, -0.15) is 0 Å². The lowest BCUT2D eigenvalue weighted by Gasteiger charge is -2.16. The molecule has 1 nitrogen and oxygen atoms in total. The highest BCUT2D eigenvalue weighted by molar-refractivity contribution is 7.98. The fourth-order valence-corrected chi connectivity index (χ4v) is 2.11. The highest BCUT2D eigenvalue weighted by Crippen LogP contribution is 2.22. The predicted octanol–water partition coefficient (Wildman–Crippen LogP) is 3.65. The van der Waals surface area contributed by atoms with E-state index >= 15 is 0 Å². The molecule has 0 aromatic heterocycles. The molecule has 1 N–H and O–H groups in total. The maximum Gasteiger partial charge on any atom is 0.0418 e. The third-order valence-corrected chi connectivity index (χ3v) is 3.18. The van der Waals surface area contributed by atoms with E-state index in [1.54, 1.807) is 11.8 Å². The number of dihydropyridines is 1. The Kier molecular flexibility index (Phi) is 3.17. The number of thioether (sulfide) groups is 1. The SMILES string of the molecule is CSc1cccc(C2=CCC=C(C)N2)c1. The summed E-state index contributed by atoms with van der Waals surface area (Å²) in [5.41, 5.74) is 3.74. The van der Waals surface area contributed by atoms with Gasteiger partial charge in [0.25, 0.3) is 0 Å². The van der Waals surface area contributed by atoms with E-state index < -0.39 is 0 Å². The van der Waals surface area contributed by atoms with Crippen molar-refractivity contribution in [2.24, 2.45) is 0 Å². The summed E-state index contributed by atoms with van der Waals surface area (Å²) < 4.78 is 0. The van der Waals surface area contributed by atoms with Gasteiger partial charge in [-0.3, -0.25) is 0 Å². The van der Waals surface area contributed by atoms with Crippen molar-refractivity contribution in [3.05, 3.63) is 47.7 Å². The van der Waals surface area contributed by atoms with Crippen LogP contribution in [-0.2, 0) is 0 Å². The lowest BCUT2D eigenvalue weighted by molar-refractivity contribution is 1.02. The van der Waals surface area contributed by atoms with E-state index in [0.29, 0.717) is 0 Å². The van der Waals surface area contributed by atoms with Crippen LogP contribution >= 0.6 is 11.8 Å². The molecular formula is C13H15NS. The third kappa shape index (κ3) is 2.45. The molecule has 0 saturated heterocycles. The summed E-state index contributed by atoms with van der Waals surface area (Å²) in [4.78, 5) is 1.31. The van der Waals surface area contributed by atoms with Crippen molar-refractivity contribution in [1.29, 1.82) is 0 Å². The van der Waals surface area contributed by atoms with Gasteiger partial charge in [0.2, 0.25) is 0 Å². The zero-order valence-corrected chi connectivity index (χ0v) is 9.90. The van der Waals surface area contributed by atoms with Crippen LogP contribution in [-0.4, -0.2) is 6.26 Å². The Morgan fingerprint density at radius 1 is 1.27 bits per heavy atom. The first kappa shape index (κ1) is 10.4. The molecule has 2 heteroatoms. The summed E-state index contributed by atoms with van der Waals surface area (Å²) in [6, 6.07) is 8.62. The summed E-state index contributed by atoms with van der Waals surface area (Å²) in [6.07, 6.45) is 7.55. The molecule has 0 fully saturated rings. The first-order valence-electron chi connectivity index (χ1n) is 5.08. The van der Waals surface area contributed by atoms with Crippen LogP contribution in [0.2, 0.25) is 0 Å². The van der Waals surface area contributed by atoms with Gasteiger partial charge in [-0.25, -0.2) is 0 Å². The number of nitrogens with one attached hydrogen (secondary N) is 1. The number of hydrogen-bond donors (Lipinski definition) is 1. The van der Waals surface area contributed by atoms with Crippen LogP contribution in [0.1, 0.15) is 18.9 Å². The monoisotopic (exact) mass is 217 g/mol. The normalized spacial score (nSPS) is 15.3. The zero-order valence-electron chi connectivity index (χ0n) is 9.08. The Hall–Kier alpha value is -1.15. The smallest absolute Gasteiger partial charge is 0.0418 e. The van der Waals surface area contributed by atoms with Crippen LogP contribution < -0.4 is 5.32 Å². The molecule has 2 rings (SSSR count). The average molecular weight is 217 g/mol. The van der Waals surface area contributed by atoms with Crippen molar-refractivity contribution >= 4 is 17.5 Å². The Labute approximate surface area is 95.3 Å². The van der Waals surface area contributed by atoms with E-state index in [1.165, 1.54) is 21.9 Å². The Bertz CT molecular complexity index is 418. The minimum absolute atomic E-state index is 1.03. The average Bonchev–Trinajstić information content (AvgIpc) is 2.29. The van der Waals surface area contributed by atoms with E-state index in [1.807, 2.05) is 0 Å². The standard InChI is InChI=1S/C13H15NS/c1-10-5-3-8-13(14-10)11-6-4-7-12(9-11)15-2/h4-9,14H,3H2,1-2H3. The van der Waals surface area contributed by atoms with Crippen LogP contribution in [0.5, 0.6) is 0 Å². The lowest BCUT2D eigenvalue weighted by Crippen LogP contribution is -2.12. The molecule has 1 aromatic rings. The largest absolute Gasteiger partial charge is 0.359 e. The van der Waals surface area contributed by atoms with E-state index in [-0.39, 0.29) is 0 Å². The third-order valence-electron chi connectivity index (χ3n) is 2.46.